The normalized spacial score (nSPS) is 12.6. The Hall–Kier alpha value is -1.15. The molecule has 1 N–H and O–H groups in total. The van der Waals surface area contributed by atoms with Gasteiger partial charge in [0.2, 0.25) is 0 Å². The maximum Gasteiger partial charge on any atom is 0.0853 e. The Balaban J connectivity index is 3.07. The van der Waals surface area contributed by atoms with Crippen LogP contribution in [0, 0.1) is 0 Å². The predicted molar refractivity (Wildman–Crippen MR) is 58.7 cm³/mol. The molecule has 2 nitrogen and oxygen atoms in total. The maximum atomic E-state index is 8.96. The number of allylic oxidation sites excluding steroid dienone is 2. The summed E-state index contributed by atoms with van der Waals surface area (Å²) < 4.78 is 0. The van der Waals surface area contributed by atoms with Gasteiger partial charge in [0.05, 0.1) is 18.0 Å². The lowest BCUT2D eigenvalue weighted by Crippen LogP contribution is -1.94. The van der Waals surface area contributed by atoms with E-state index in [2.05, 4.69) is 25.8 Å². The molecule has 0 radical (unpaired) electrons. The molecule has 0 saturated heterocycles. The minimum Gasteiger partial charge on any atom is -0.390 e. The third-order valence-electron chi connectivity index (χ3n) is 2.52. The number of aliphatic hydroxyl groups is 1. The first-order valence-electron chi connectivity index (χ1n) is 4.92. The van der Waals surface area contributed by atoms with Crippen LogP contribution in [0.5, 0.6) is 0 Å². The SMILES string of the molecule is CC/C(C)=C(/C)c1cccc(CO)n1. The first-order valence-corrected chi connectivity index (χ1v) is 4.92. The third kappa shape index (κ3) is 2.42. The van der Waals surface area contributed by atoms with Gasteiger partial charge in [-0.15, -0.1) is 0 Å². The topological polar surface area (TPSA) is 33.1 Å². The van der Waals surface area contributed by atoms with Crippen LogP contribution in [0.4, 0.5) is 0 Å². The highest BCUT2D eigenvalue weighted by molar-refractivity contribution is 5.63. The highest BCUT2D eigenvalue weighted by Gasteiger charge is 2.01. The molecule has 0 aliphatic carbocycles. The Kier molecular flexibility index (Phi) is 3.84. The molecule has 1 aromatic rings. The number of aliphatic hydroxyl groups excluding tert-OH is 1. The van der Waals surface area contributed by atoms with Crippen molar-refractivity contribution in [2.75, 3.05) is 0 Å². The van der Waals surface area contributed by atoms with Gasteiger partial charge in [0.15, 0.2) is 0 Å². The molecule has 14 heavy (non-hydrogen) atoms. The van der Waals surface area contributed by atoms with Crippen molar-refractivity contribution in [3.63, 3.8) is 0 Å². The van der Waals surface area contributed by atoms with Crippen molar-refractivity contribution < 1.29 is 5.11 Å². The highest BCUT2D eigenvalue weighted by Crippen LogP contribution is 2.18. The molecular formula is C12H17NO. The summed E-state index contributed by atoms with van der Waals surface area (Å²) in [4.78, 5) is 4.35. The minimum atomic E-state index is 0.00624. The highest BCUT2D eigenvalue weighted by atomic mass is 16.3. The molecule has 0 aliphatic heterocycles. The molecule has 1 heterocycles. The van der Waals surface area contributed by atoms with Crippen LogP contribution >= 0.6 is 0 Å². The summed E-state index contributed by atoms with van der Waals surface area (Å²) in [6, 6.07) is 5.74. The van der Waals surface area contributed by atoms with Crippen LogP contribution in [-0.2, 0) is 6.61 Å². The van der Waals surface area contributed by atoms with Gasteiger partial charge in [0.1, 0.15) is 0 Å². The molecule has 2 heteroatoms. The van der Waals surface area contributed by atoms with E-state index in [1.54, 1.807) is 0 Å². The molecule has 0 fully saturated rings. The Labute approximate surface area is 85.3 Å². The van der Waals surface area contributed by atoms with E-state index in [1.165, 1.54) is 11.1 Å². The molecule has 1 rings (SSSR count). The average molecular weight is 191 g/mol. The Morgan fingerprint density at radius 3 is 2.64 bits per heavy atom. The second-order valence-corrected chi connectivity index (χ2v) is 3.43. The average Bonchev–Trinajstić information content (AvgIpc) is 2.27. The minimum absolute atomic E-state index is 0.00624. The van der Waals surface area contributed by atoms with Gasteiger partial charge in [0, 0.05) is 0 Å². The molecule has 0 bridgehead atoms. The van der Waals surface area contributed by atoms with Crippen molar-refractivity contribution in [3.05, 3.63) is 35.2 Å². The van der Waals surface area contributed by atoms with E-state index in [1.807, 2.05) is 18.2 Å². The molecule has 0 unspecified atom stereocenters. The van der Waals surface area contributed by atoms with Gasteiger partial charge in [-0.25, -0.2) is 0 Å². The van der Waals surface area contributed by atoms with Crippen molar-refractivity contribution >= 4 is 5.57 Å². The molecule has 0 aromatic carbocycles. The van der Waals surface area contributed by atoms with Crippen molar-refractivity contribution in [3.8, 4) is 0 Å². The molecule has 0 saturated carbocycles. The van der Waals surface area contributed by atoms with Crippen LogP contribution in [0.3, 0.4) is 0 Å². The lowest BCUT2D eigenvalue weighted by Gasteiger charge is -2.06. The van der Waals surface area contributed by atoms with E-state index >= 15 is 0 Å². The van der Waals surface area contributed by atoms with Crippen LogP contribution in [0.25, 0.3) is 5.57 Å². The van der Waals surface area contributed by atoms with Crippen LogP contribution < -0.4 is 0 Å². The first-order chi connectivity index (χ1) is 6.69. The van der Waals surface area contributed by atoms with Crippen LogP contribution in [0.15, 0.2) is 23.8 Å². The summed E-state index contributed by atoms with van der Waals surface area (Å²) >= 11 is 0. The monoisotopic (exact) mass is 191 g/mol. The maximum absolute atomic E-state index is 8.96. The molecule has 0 atom stereocenters. The molecule has 1 aromatic heterocycles. The van der Waals surface area contributed by atoms with Crippen molar-refractivity contribution in [1.82, 2.24) is 4.98 Å². The Morgan fingerprint density at radius 1 is 1.36 bits per heavy atom. The van der Waals surface area contributed by atoms with Gasteiger partial charge in [0.25, 0.3) is 0 Å². The smallest absolute Gasteiger partial charge is 0.0853 e. The van der Waals surface area contributed by atoms with E-state index < -0.39 is 0 Å². The zero-order valence-electron chi connectivity index (χ0n) is 9.04. The fraction of sp³-hybridized carbons (Fsp3) is 0.417. The molecule has 0 spiro atoms. The number of pyridine rings is 1. The van der Waals surface area contributed by atoms with Crippen molar-refractivity contribution in [2.24, 2.45) is 0 Å². The zero-order chi connectivity index (χ0) is 10.6. The fourth-order valence-electron chi connectivity index (χ4n) is 1.26. The predicted octanol–water partition coefficient (Wildman–Crippen LogP) is 2.78. The first kappa shape index (κ1) is 10.9. The second kappa shape index (κ2) is 4.91. The molecule has 0 aliphatic rings. The number of hydrogen-bond donors (Lipinski definition) is 1. The van der Waals surface area contributed by atoms with Gasteiger partial charge in [-0.05, 0) is 38.0 Å². The van der Waals surface area contributed by atoms with Gasteiger partial charge < -0.3 is 5.11 Å². The lowest BCUT2D eigenvalue weighted by atomic mass is 10.1. The summed E-state index contributed by atoms with van der Waals surface area (Å²) in [5.74, 6) is 0. The number of rotatable bonds is 3. The summed E-state index contributed by atoms with van der Waals surface area (Å²) in [6.07, 6.45) is 1.04. The number of nitrogens with zero attached hydrogens (tertiary/aromatic N) is 1. The standard InChI is InChI=1S/C12H17NO/c1-4-9(2)10(3)12-7-5-6-11(8-14)13-12/h5-7,14H,4,8H2,1-3H3/b10-9-. The summed E-state index contributed by atoms with van der Waals surface area (Å²) in [5, 5.41) is 8.96. The molecule has 0 amide bonds. The van der Waals surface area contributed by atoms with Gasteiger partial charge in [-0.1, -0.05) is 18.6 Å². The fourth-order valence-corrected chi connectivity index (χ4v) is 1.26. The van der Waals surface area contributed by atoms with Crippen molar-refractivity contribution in [1.29, 1.82) is 0 Å². The van der Waals surface area contributed by atoms with Gasteiger partial charge in [-0.3, -0.25) is 4.98 Å². The van der Waals surface area contributed by atoms with Gasteiger partial charge in [-0.2, -0.15) is 0 Å². The van der Waals surface area contributed by atoms with E-state index in [4.69, 9.17) is 5.11 Å². The summed E-state index contributed by atoms with van der Waals surface area (Å²) in [6.45, 7) is 6.33. The van der Waals surface area contributed by atoms with Crippen LogP contribution in [0.2, 0.25) is 0 Å². The second-order valence-electron chi connectivity index (χ2n) is 3.43. The third-order valence-corrected chi connectivity index (χ3v) is 2.52. The molecule has 76 valence electrons. The van der Waals surface area contributed by atoms with Gasteiger partial charge >= 0.3 is 0 Å². The largest absolute Gasteiger partial charge is 0.390 e. The number of hydrogen-bond acceptors (Lipinski definition) is 2. The quantitative estimate of drug-likeness (QED) is 0.797. The van der Waals surface area contributed by atoms with E-state index in [-0.39, 0.29) is 6.61 Å². The summed E-state index contributed by atoms with van der Waals surface area (Å²) in [5.41, 5.74) is 4.25. The summed E-state index contributed by atoms with van der Waals surface area (Å²) in [7, 11) is 0. The van der Waals surface area contributed by atoms with E-state index in [9.17, 15) is 0 Å². The van der Waals surface area contributed by atoms with Crippen molar-refractivity contribution in [2.45, 2.75) is 33.8 Å². The van der Waals surface area contributed by atoms with Crippen LogP contribution in [0.1, 0.15) is 38.6 Å². The number of aromatic nitrogens is 1. The Bertz CT molecular complexity index is 342. The Morgan fingerprint density at radius 2 is 2.07 bits per heavy atom. The lowest BCUT2D eigenvalue weighted by molar-refractivity contribution is 0.277. The van der Waals surface area contributed by atoms with E-state index in [0.717, 1.165) is 17.8 Å². The van der Waals surface area contributed by atoms with E-state index in [0.29, 0.717) is 0 Å². The van der Waals surface area contributed by atoms with Crippen LogP contribution in [-0.4, -0.2) is 10.1 Å². The zero-order valence-corrected chi connectivity index (χ0v) is 9.04. The molecular weight excluding hydrogens is 174 g/mol.